The third-order valence-electron chi connectivity index (χ3n) is 3.95. The summed E-state index contributed by atoms with van der Waals surface area (Å²) < 4.78 is 12.9. The molecule has 3 rings (SSSR count). The molecular formula is C15H19NO6. The molecule has 0 amide bonds. The average molecular weight is 309 g/mol. The maximum absolute atomic E-state index is 10.0. The first-order chi connectivity index (χ1) is 10.5. The number of ether oxygens (including phenoxy) is 2. The summed E-state index contributed by atoms with van der Waals surface area (Å²) in [5.74, 6) is 0.488. The van der Waals surface area contributed by atoms with Gasteiger partial charge in [-0.3, -0.25) is 0 Å². The summed E-state index contributed by atoms with van der Waals surface area (Å²) in [5.41, 5.74) is 0.946. The zero-order chi connectivity index (χ0) is 15.9. The quantitative estimate of drug-likeness (QED) is 0.601. The highest BCUT2D eigenvalue weighted by Crippen LogP contribution is 2.30. The van der Waals surface area contributed by atoms with Crippen LogP contribution in [0.25, 0.3) is 10.9 Å². The number of hydrogen-bond acceptors (Lipinski definition) is 6. The summed E-state index contributed by atoms with van der Waals surface area (Å²) in [5, 5.41) is 39.6. The monoisotopic (exact) mass is 309 g/mol. The Bertz CT molecular complexity index is 655. The van der Waals surface area contributed by atoms with Gasteiger partial charge in [-0.05, 0) is 12.1 Å². The molecule has 7 nitrogen and oxygen atoms in total. The van der Waals surface area contributed by atoms with Gasteiger partial charge in [-0.2, -0.15) is 0 Å². The first kappa shape index (κ1) is 15.3. The van der Waals surface area contributed by atoms with Crippen LogP contribution in [0.5, 0.6) is 5.75 Å². The molecule has 2 aromatic rings. The number of aryl methyl sites for hydroxylation is 1. The van der Waals surface area contributed by atoms with Crippen molar-refractivity contribution in [2.45, 2.75) is 30.7 Å². The van der Waals surface area contributed by atoms with Crippen molar-refractivity contribution in [3.05, 3.63) is 30.5 Å². The fraction of sp³-hybridized carbons (Fsp3) is 0.467. The van der Waals surface area contributed by atoms with E-state index in [9.17, 15) is 20.4 Å². The summed E-state index contributed by atoms with van der Waals surface area (Å²) in [6.07, 6.45) is -4.69. The maximum atomic E-state index is 10.0. The van der Waals surface area contributed by atoms with Crippen molar-refractivity contribution >= 4 is 10.9 Å². The molecule has 7 heteroatoms. The SMILES string of the molecule is Cn1cc(OC2O[C@H](CO)[C@H](O)[C@H](O)[C@H]2O)c2ccccc21. The van der Waals surface area contributed by atoms with Crippen LogP contribution in [0.2, 0.25) is 0 Å². The number of hydrogen-bond donors (Lipinski definition) is 4. The Hall–Kier alpha value is -1.64. The van der Waals surface area contributed by atoms with E-state index in [0.29, 0.717) is 5.75 Å². The van der Waals surface area contributed by atoms with Crippen molar-refractivity contribution < 1.29 is 29.9 Å². The molecular weight excluding hydrogens is 290 g/mol. The van der Waals surface area contributed by atoms with Gasteiger partial charge in [0.2, 0.25) is 6.29 Å². The Labute approximate surface area is 126 Å². The molecule has 1 aromatic heterocycles. The smallest absolute Gasteiger partial charge is 0.229 e. The number of nitrogens with zero attached hydrogens (tertiary/aromatic N) is 1. The van der Waals surface area contributed by atoms with Crippen molar-refractivity contribution in [3.63, 3.8) is 0 Å². The van der Waals surface area contributed by atoms with E-state index in [2.05, 4.69) is 0 Å². The molecule has 1 aliphatic heterocycles. The fourth-order valence-corrected chi connectivity index (χ4v) is 2.69. The molecule has 0 radical (unpaired) electrons. The highest BCUT2D eigenvalue weighted by Gasteiger charge is 2.44. The molecule has 1 saturated heterocycles. The van der Waals surface area contributed by atoms with E-state index in [4.69, 9.17) is 9.47 Å². The van der Waals surface area contributed by atoms with Crippen LogP contribution in [0.4, 0.5) is 0 Å². The molecule has 4 N–H and O–H groups in total. The molecule has 120 valence electrons. The lowest BCUT2D eigenvalue weighted by atomic mass is 9.99. The van der Waals surface area contributed by atoms with Crippen LogP contribution < -0.4 is 4.74 Å². The van der Waals surface area contributed by atoms with Crippen LogP contribution in [-0.2, 0) is 11.8 Å². The minimum Gasteiger partial charge on any atom is -0.460 e. The molecule has 1 aromatic carbocycles. The number of rotatable bonds is 3. The normalized spacial score (nSPS) is 32.3. The first-order valence-corrected chi connectivity index (χ1v) is 7.04. The zero-order valence-corrected chi connectivity index (χ0v) is 12.0. The number of para-hydroxylation sites is 1. The Morgan fingerprint density at radius 2 is 1.86 bits per heavy atom. The van der Waals surface area contributed by atoms with Crippen molar-refractivity contribution in [2.24, 2.45) is 7.05 Å². The molecule has 22 heavy (non-hydrogen) atoms. The lowest BCUT2D eigenvalue weighted by molar-refractivity contribution is -0.277. The van der Waals surface area contributed by atoms with Gasteiger partial charge >= 0.3 is 0 Å². The number of aliphatic hydroxyl groups is 4. The maximum Gasteiger partial charge on any atom is 0.229 e. The molecule has 0 spiro atoms. The van der Waals surface area contributed by atoms with Crippen LogP contribution in [0.3, 0.4) is 0 Å². The molecule has 1 fully saturated rings. The fourth-order valence-electron chi connectivity index (χ4n) is 2.69. The molecule has 1 unspecified atom stereocenters. The molecule has 0 saturated carbocycles. The van der Waals surface area contributed by atoms with Gasteiger partial charge in [-0.1, -0.05) is 12.1 Å². The third kappa shape index (κ3) is 2.47. The Morgan fingerprint density at radius 3 is 2.59 bits per heavy atom. The summed E-state index contributed by atoms with van der Waals surface area (Å²) in [6.45, 7) is -0.486. The van der Waals surface area contributed by atoms with Crippen LogP contribution in [0.1, 0.15) is 0 Å². The largest absolute Gasteiger partial charge is 0.460 e. The highest BCUT2D eigenvalue weighted by molar-refractivity contribution is 5.86. The van der Waals surface area contributed by atoms with Gasteiger partial charge in [0.1, 0.15) is 30.2 Å². The third-order valence-corrected chi connectivity index (χ3v) is 3.95. The van der Waals surface area contributed by atoms with Gasteiger partial charge in [-0.25, -0.2) is 0 Å². The topological polar surface area (TPSA) is 104 Å². The number of aromatic nitrogens is 1. The number of aliphatic hydroxyl groups excluding tert-OH is 4. The van der Waals surface area contributed by atoms with E-state index < -0.39 is 37.3 Å². The predicted octanol–water partition coefficient (Wildman–Crippen LogP) is -0.643. The second-order valence-corrected chi connectivity index (χ2v) is 5.44. The Morgan fingerprint density at radius 1 is 1.14 bits per heavy atom. The van der Waals surface area contributed by atoms with Crippen LogP contribution >= 0.6 is 0 Å². The van der Waals surface area contributed by atoms with Gasteiger partial charge in [0.15, 0.2) is 0 Å². The van der Waals surface area contributed by atoms with Crippen LogP contribution in [0.15, 0.2) is 30.5 Å². The summed E-state index contributed by atoms with van der Waals surface area (Å²) in [6, 6.07) is 7.56. The number of benzene rings is 1. The van der Waals surface area contributed by atoms with Gasteiger partial charge in [0, 0.05) is 18.6 Å². The predicted molar refractivity (Wildman–Crippen MR) is 77.3 cm³/mol. The summed E-state index contributed by atoms with van der Waals surface area (Å²) >= 11 is 0. The minimum atomic E-state index is -1.45. The molecule has 0 bridgehead atoms. The second-order valence-electron chi connectivity index (χ2n) is 5.44. The van der Waals surface area contributed by atoms with E-state index >= 15 is 0 Å². The zero-order valence-electron chi connectivity index (χ0n) is 12.0. The van der Waals surface area contributed by atoms with Crippen molar-refractivity contribution in [3.8, 4) is 5.75 Å². The van der Waals surface area contributed by atoms with Crippen LogP contribution in [-0.4, -0.2) is 62.3 Å². The summed E-state index contributed by atoms with van der Waals surface area (Å²) in [7, 11) is 1.86. The lowest BCUT2D eigenvalue weighted by Crippen LogP contribution is -2.60. The van der Waals surface area contributed by atoms with E-state index in [-0.39, 0.29) is 0 Å². The van der Waals surface area contributed by atoms with Gasteiger partial charge in [0.05, 0.1) is 12.1 Å². The lowest BCUT2D eigenvalue weighted by Gasteiger charge is -2.39. The standard InChI is InChI=1S/C15H19NO6/c1-16-6-10(8-4-2-3-5-9(8)16)21-15-14(20)13(19)12(18)11(7-17)22-15/h2-6,11-15,17-20H,7H2,1H3/t11-,12+,13+,14-,15?/m1/s1. The van der Waals surface area contributed by atoms with Gasteiger partial charge < -0.3 is 34.5 Å². The minimum absolute atomic E-state index is 0.486. The molecule has 2 heterocycles. The molecule has 1 aliphatic rings. The highest BCUT2D eigenvalue weighted by atomic mass is 16.7. The van der Waals surface area contributed by atoms with E-state index in [1.165, 1.54) is 0 Å². The number of fused-ring (bicyclic) bond motifs is 1. The summed E-state index contributed by atoms with van der Waals surface area (Å²) in [4.78, 5) is 0. The van der Waals surface area contributed by atoms with Crippen molar-refractivity contribution in [1.82, 2.24) is 4.57 Å². The average Bonchev–Trinajstić information content (AvgIpc) is 2.84. The molecule has 0 aliphatic carbocycles. The van der Waals surface area contributed by atoms with Crippen molar-refractivity contribution in [2.75, 3.05) is 6.61 Å². The van der Waals surface area contributed by atoms with Gasteiger partial charge in [0.25, 0.3) is 0 Å². The first-order valence-electron chi connectivity index (χ1n) is 7.04. The van der Waals surface area contributed by atoms with E-state index in [1.54, 1.807) is 6.20 Å². The second kappa shape index (κ2) is 5.86. The van der Waals surface area contributed by atoms with Crippen molar-refractivity contribution in [1.29, 1.82) is 0 Å². The van der Waals surface area contributed by atoms with E-state index in [1.807, 2.05) is 35.9 Å². The van der Waals surface area contributed by atoms with Gasteiger partial charge in [-0.15, -0.1) is 0 Å². The molecule has 5 atom stereocenters. The van der Waals surface area contributed by atoms with E-state index in [0.717, 1.165) is 10.9 Å². The Kier molecular flexibility index (Phi) is 4.07. The van der Waals surface area contributed by atoms with Crippen LogP contribution in [0, 0.1) is 0 Å². The Balaban J connectivity index is 1.87.